The van der Waals surface area contributed by atoms with Crippen LogP contribution < -0.4 is 10.1 Å². The highest BCUT2D eigenvalue weighted by atomic mass is 32.2. The van der Waals surface area contributed by atoms with E-state index in [-0.39, 0.29) is 6.61 Å². The van der Waals surface area contributed by atoms with Gasteiger partial charge in [-0.15, -0.1) is 5.10 Å². The highest BCUT2D eigenvalue weighted by Gasteiger charge is 2.35. The van der Waals surface area contributed by atoms with E-state index in [2.05, 4.69) is 23.8 Å². The molecule has 0 saturated carbocycles. The van der Waals surface area contributed by atoms with Crippen molar-refractivity contribution in [1.82, 2.24) is 14.8 Å². The Kier molecular flexibility index (Phi) is 7.57. The number of benzene rings is 1. The van der Waals surface area contributed by atoms with Gasteiger partial charge in [-0.2, -0.15) is 4.98 Å². The lowest BCUT2D eigenvalue weighted by molar-refractivity contribution is -0.138. The lowest BCUT2D eigenvalue weighted by atomic mass is 9.95. The number of carbonyl (C=O) groups excluding carboxylic acids is 1. The minimum absolute atomic E-state index is 0.143. The average Bonchev–Trinajstić information content (AvgIpc) is 3.13. The van der Waals surface area contributed by atoms with E-state index < -0.39 is 12.0 Å². The Bertz CT molecular complexity index is 938. The summed E-state index contributed by atoms with van der Waals surface area (Å²) in [5.74, 6) is 1.89. The summed E-state index contributed by atoms with van der Waals surface area (Å²) in [7, 11) is 0. The molecular weight excluding hydrogens is 400 g/mol. The second kappa shape index (κ2) is 10.3. The van der Waals surface area contributed by atoms with Crippen molar-refractivity contribution < 1.29 is 14.3 Å². The number of allylic oxidation sites excluding steroid dienone is 1. The maximum Gasteiger partial charge on any atom is 0.338 e. The number of esters is 1. The molecule has 0 aliphatic carbocycles. The van der Waals surface area contributed by atoms with Crippen molar-refractivity contribution in [2.45, 2.75) is 44.8 Å². The third-order valence-corrected chi connectivity index (χ3v) is 5.52. The number of ether oxygens (including phenoxy) is 2. The molecule has 0 amide bonds. The Morgan fingerprint density at radius 3 is 2.97 bits per heavy atom. The van der Waals surface area contributed by atoms with Crippen molar-refractivity contribution in [3.8, 4) is 5.75 Å². The van der Waals surface area contributed by atoms with Crippen LogP contribution in [0.15, 0.2) is 53.3 Å². The first-order valence-corrected chi connectivity index (χ1v) is 11.2. The largest absolute Gasteiger partial charge is 0.494 e. The fourth-order valence-electron chi connectivity index (χ4n) is 3.23. The summed E-state index contributed by atoms with van der Waals surface area (Å²) in [4.78, 5) is 17.6. The number of unbranched alkanes of at least 4 members (excludes halogenated alkanes) is 1. The molecule has 1 aliphatic rings. The molecule has 0 saturated heterocycles. The van der Waals surface area contributed by atoms with E-state index in [1.165, 1.54) is 0 Å². The van der Waals surface area contributed by atoms with Crippen molar-refractivity contribution in [2.24, 2.45) is 0 Å². The molecular formula is C22H28N4O3S. The minimum Gasteiger partial charge on any atom is -0.494 e. The van der Waals surface area contributed by atoms with Gasteiger partial charge in [0.05, 0.1) is 12.2 Å². The standard InChI is InChI=1S/C22H28N4O3S/c1-5-8-13-30-22-24-21-23-15(4)18(20(27)29-12-6-2)19(26(21)25-22)16-10-9-11-17(14-16)28-7-3/h6,9-11,14,19H,2,5,7-8,12-13H2,1,3-4H3,(H,23,24,25). The van der Waals surface area contributed by atoms with Gasteiger partial charge in [0.1, 0.15) is 18.4 Å². The number of aromatic nitrogens is 3. The van der Waals surface area contributed by atoms with E-state index in [0.29, 0.717) is 29.0 Å². The van der Waals surface area contributed by atoms with Crippen LogP contribution >= 0.6 is 11.8 Å². The molecule has 1 N–H and O–H groups in total. The van der Waals surface area contributed by atoms with Crippen LogP contribution in [0.25, 0.3) is 0 Å². The normalized spacial score (nSPS) is 15.4. The van der Waals surface area contributed by atoms with Gasteiger partial charge in [-0.05, 0) is 38.0 Å². The summed E-state index contributed by atoms with van der Waals surface area (Å²) in [6.45, 7) is 10.3. The number of carbonyl (C=O) groups is 1. The van der Waals surface area contributed by atoms with Crippen LogP contribution in [-0.2, 0) is 9.53 Å². The van der Waals surface area contributed by atoms with Crippen molar-refractivity contribution in [2.75, 3.05) is 24.3 Å². The van der Waals surface area contributed by atoms with E-state index in [1.807, 2.05) is 38.1 Å². The number of nitrogens with zero attached hydrogens (tertiary/aromatic N) is 3. The number of anilines is 1. The first-order chi connectivity index (χ1) is 14.6. The molecule has 3 rings (SSSR count). The van der Waals surface area contributed by atoms with Crippen molar-refractivity contribution in [1.29, 1.82) is 0 Å². The number of thioether (sulfide) groups is 1. The third kappa shape index (κ3) is 4.87. The van der Waals surface area contributed by atoms with Crippen molar-refractivity contribution in [3.05, 3.63) is 53.8 Å². The zero-order valence-corrected chi connectivity index (χ0v) is 18.5. The summed E-state index contributed by atoms with van der Waals surface area (Å²) in [5, 5.41) is 8.61. The summed E-state index contributed by atoms with van der Waals surface area (Å²) >= 11 is 1.62. The van der Waals surface area contributed by atoms with E-state index in [0.717, 1.165) is 29.9 Å². The van der Waals surface area contributed by atoms with Gasteiger partial charge in [0, 0.05) is 11.4 Å². The van der Waals surface area contributed by atoms with Gasteiger partial charge >= 0.3 is 5.97 Å². The van der Waals surface area contributed by atoms with Gasteiger partial charge in [-0.1, -0.05) is 49.9 Å². The van der Waals surface area contributed by atoms with E-state index in [4.69, 9.17) is 14.6 Å². The Hall–Kier alpha value is -2.74. The quantitative estimate of drug-likeness (QED) is 0.257. The maximum absolute atomic E-state index is 12.9. The topological polar surface area (TPSA) is 78.3 Å². The molecule has 160 valence electrons. The number of hydrogen-bond donors (Lipinski definition) is 1. The predicted octanol–water partition coefficient (Wildman–Crippen LogP) is 4.59. The van der Waals surface area contributed by atoms with Crippen LogP contribution in [0.2, 0.25) is 0 Å². The molecule has 2 heterocycles. The Balaban J connectivity index is 2.03. The van der Waals surface area contributed by atoms with Crippen LogP contribution in [-0.4, -0.2) is 39.7 Å². The van der Waals surface area contributed by atoms with Gasteiger partial charge < -0.3 is 14.8 Å². The molecule has 1 atom stereocenters. The Labute approximate surface area is 181 Å². The zero-order valence-electron chi connectivity index (χ0n) is 17.7. The number of hydrogen-bond acceptors (Lipinski definition) is 7. The lowest BCUT2D eigenvalue weighted by Crippen LogP contribution is -2.29. The number of nitrogens with one attached hydrogen (secondary N) is 1. The first-order valence-electron chi connectivity index (χ1n) is 10.2. The first kappa shape index (κ1) is 22.0. The average molecular weight is 429 g/mol. The number of rotatable bonds is 10. The molecule has 0 radical (unpaired) electrons. The molecule has 30 heavy (non-hydrogen) atoms. The van der Waals surface area contributed by atoms with Gasteiger partial charge in [0.25, 0.3) is 0 Å². The van der Waals surface area contributed by atoms with Gasteiger partial charge in [0.2, 0.25) is 11.1 Å². The fraction of sp³-hybridized carbons (Fsp3) is 0.409. The third-order valence-electron chi connectivity index (χ3n) is 4.60. The second-order valence-electron chi connectivity index (χ2n) is 6.82. The molecule has 0 fully saturated rings. The summed E-state index contributed by atoms with van der Waals surface area (Å²) in [5.41, 5.74) is 2.07. The zero-order chi connectivity index (χ0) is 21.5. The van der Waals surface area contributed by atoms with Gasteiger partial charge in [-0.3, -0.25) is 0 Å². The number of fused-ring (bicyclic) bond motifs is 1. The fourth-order valence-corrected chi connectivity index (χ4v) is 4.14. The van der Waals surface area contributed by atoms with Crippen LogP contribution in [0.5, 0.6) is 5.75 Å². The summed E-state index contributed by atoms with van der Waals surface area (Å²) in [6, 6.07) is 7.24. The smallest absolute Gasteiger partial charge is 0.338 e. The molecule has 0 bridgehead atoms. The summed E-state index contributed by atoms with van der Waals surface area (Å²) < 4.78 is 12.8. The molecule has 7 nitrogen and oxygen atoms in total. The van der Waals surface area contributed by atoms with Gasteiger partial charge in [0.15, 0.2) is 0 Å². The van der Waals surface area contributed by atoms with E-state index >= 15 is 0 Å². The Morgan fingerprint density at radius 1 is 1.40 bits per heavy atom. The lowest BCUT2D eigenvalue weighted by Gasteiger charge is -2.28. The monoisotopic (exact) mass is 428 g/mol. The van der Waals surface area contributed by atoms with Crippen LogP contribution in [0, 0.1) is 0 Å². The van der Waals surface area contributed by atoms with E-state index in [9.17, 15) is 4.79 Å². The highest BCUT2D eigenvalue weighted by Crippen LogP contribution is 2.37. The van der Waals surface area contributed by atoms with Crippen LogP contribution in [0.4, 0.5) is 5.95 Å². The van der Waals surface area contributed by atoms with Crippen molar-refractivity contribution in [3.63, 3.8) is 0 Å². The molecule has 1 aromatic heterocycles. The predicted molar refractivity (Wildman–Crippen MR) is 119 cm³/mol. The maximum atomic E-state index is 12.9. The molecule has 8 heteroatoms. The molecule has 1 aromatic carbocycles. The molecule has 0 spiro atoms. The van der Waals surface area contributed by atoms with Gasteiger partial charge in [-0.25, -0.2) is 9.48 Å². The van der Waals surface area contributed by atoms with Crippen molar-refractivity contribution >= 4 is 23.7 Å². The molecule has 1 unspecified atom stereocenters. The minimum atomic E-state index is -0.466. The molecule has 2 aromatic rings. The van der Waals surface area contributed by atoms with Crippen LogP contribution in [0.1, 0.15) is 45.2 Å². The van der Waals surface area contributed by atoms with E-state index in [1.54, 1.807) is 22.5 Å². The highest BCUT2D eigenvalue weighted by molar-refractivity contribution is 7.99. The Morgan fingerprint density at radius 2 is 2.23 bits per heavy atom. The second-order valence-corrected chi connectivity index (χ2v) is 7.89. The SMILES string of the molecule is C=CCOC(=O)C1=C(C)Nc2nc(SCCCC)nn2C1c1cccc(OCC)c1. The summed E-state index contributed by atoms with van der Waals surface area (Å²) in [6.07, 6.45) is 3.77. The van der Waals surface area contributed by atoms with Crippen LogP contribution in [0.3, 0.4) is 0 Å². The molecule has 1 aliphatic heterocycles.